The van der Waals surface area contributed by atoms with Gasteiger partial charge >= 0.3 is 0 Å². The fourth-order valence-corrected chi connectivity index (χ4v) is 2.70. The second-order valence-electron chi connectivity index (χ2n) is 6.25. The van der Waals surface area contributed by atoms with Crippen LogP contribution in [0.5, 0.6) is 0 Å². The van der Waals surface area contributed by atoms with Crippen molar-refractivity contribution in [2.45, 2.75) is 13.3 Å². The first kappa shape index (κ1) is 17.7. The van der Waals surface area contributed by atoms with Crippen molar-refractivity contribution in [1.82, 2.24) is 4.90 Å². The van der Waals surface area contributed by atoms with E-state index < -0.39 is 5.82 Å². The van der Waals surface area contributed by atoms with Crippen LogP contribution in [0.15, 0.2) is 53.1 Å². The molecule has 0 aliphatic carbocycles. The van der Waals surface area contributed by atoms with Crippen LogP contribution in [0, 0.1) is 12.7 Å². The molecular weight excluding hydrogens is 335 g/mol. The van der Waals surface area contributed by atoms with Crippen LogP contribution in [0.2, 0.25) is 0 Å². The smallest absolute Gasteiger partial charge is 0.243 e. The van der Waals surface area contributed by atoms with Gasteiger partial charge in [0.15, 0.2) is 0 Å². The minimum Gasteiger partial charge on any atom is -0.464 e. The third-order valence-electron chi connectivity index (χ3n) is 4.07. The molecule has 0 unspecified atom stereocenters. The number of hydrogen-bond donors (Lipinski definition) is 1. The van der Waals surface area contributed by atoms with Gasteiger partial charge in [0.25, 0.3) is 0 Å². The van der Waals surface area contributed by atoms with Crippen LogP contribution in [0.25, 0.3) is 11.0 Å². The molecule has 0 bridgehead atoms. The zero-order chi connectivity index (χ0) is 18.7. The lowest BCUT2D eigenvalue weighted by molar-refractivity contribution is -0.132. The van der Waals surface area contributed by atoms with Gasteiger partial charge in [-0.05, 0) is 36.8 Å². The van der Waals surface area contributed by atoms with Crippen molar-refractivity contribution >= 4 is 28.5 Å². The van der Waals surface area contributed by atoms with Crippen LogP contribution >= 0.6 is 0 Å². The Morgan fingerprint density at radius 2 is 2.00 bits per heavy atom. The largest absolute Gasteiger partial charge is 0.464 e. The number of rotatable bonds is 5. The summed E-state index contributed by atoms with van der Waals surface area (Å²) in [7, 11) is 1.56. The summed E-state index contributed by atoms with van der Waals surface area (Å²) in [5, 5.41) is 3.46. The number of benzene rings is 2. The molecule has 0 fully saturated rings. The number of carbonyl (C=O) groups is 2. The molecule has 26 heavy (non-hydrogen) atoms. The van der Waals surface area contributed by atoms with Crippen LogP contribution in [-0.4, -0.2) is 30.3 Å². The maximum atomic E-state index is 13.1. The first-order chi connectivity index (χ1) is 12.4. The topological polar surface area (TPSA) is 62.6 Å². The van der Waals surface area contributed by atoms with Crippen LogP contribution in [-0.2, 0) is 16.0 Å². The quantitative estimate of drug-likeness (QED) is 0.762. The minimum absolute atomic E-state index is 0.121. The molecule has 134 valence electrons. The highest BCUT2D eigenvalue weighted by molar-refractivity contribution is 5.95. The fraction of sp³-hybridized carbons (Fsp3) is 0.200. The minimum atomic E-state index is -0.436. The molecule has 0 saturated carbocycles. The highest BCUT2D eigenvalue weighted by atomic mass is 19.1. The van der Waals surface area contributed by atoms with Gasteiger partial charge in [-0.15, -0.1) is 0 Å². The molecule has 1 N–H and O–H groups in total. The number of halogens is 1. The molecule has 6 heteroatoms. The van der Waals surface area contributed by atoms with E-state index in [0.29, 0.717) is 5.69 Å². The van der Waals surface area contributed by atoms with Crippen molar-refractivity contribution in [1.29, 1.82) is 0 Å². The van der Waals surface area contributed by atoms with Crippen molar-refractivity contribution in [3.8, 4) is 0 Å². The van der Waals surface area contributed by atoms with E-state index in [1.54, 1.807) is 19.4 Å². The van der Waals surface area contributed by atoms with E-state index in [-0.39, 0.29) is 24.8 Å². The number of anilines is 1. The lowest BCUT2D eigenvalue weighted by Gasteiger charge is -2.16. The number of furan rings is 1. The lowest BCUT2D eigenvalue weighted by atomic mass is 10.1. The monoisotopic (exact) mass is 354 g/mol. The molecule has 0 saturated heterocycles. The van der Waals surface area contributed by atoms with Gasteiger partial charge < -0.3 is 14.6 Å². The molecule has 3 rings (SSSR count). The van der Waals surface area contributed by atoms with Crippen molar-refractivity contribution in [3.05, 3.63) is 65.7 Å². The Bertz CT molecular complexity index is 965. The van der Waals surface area contributed by atoms with Crippen molar-refractivity contribution < 1.29 is 18.4 Å². The number of nitrogens with zero attached hydrogens (tertiary/aromatic N) is 1. The second-order valence-corrected chi connectivity index (χ2v) is 6.25. The third-order valence-corrected chi connectivity index (χ3v) is 4.07. The number of likely N-dealkylation sites (N-methyl/N-ethyl adjacent to an activating group) is 1. The van der Waals surface area contributed by atoms with Gasteiger partial charge in [0.05, 0.1) is 19.2 Å². The van der Waals surface area contributed by atoms with Gasteiger partial charge in [-0.1, -0.05) is 18.2 Å². The molecule has 3 aromatic rings. The van der Waals surface area contributed by atoms with E-state index in [1.807, 2.05) is 25.1 Å². The summed E-state index contributed by atoms with van der Waals surface area (Å²) in [6.45, 7) is 1.85. The van der Waals surface area contributed by atoms with Crippen LogP contribution < -0.4 is 5.32 Å². The fourth-order valence-electron chi connectivity index (χ4n) is 2.70. The normalized spacial score (nSPS) is 10.7. The number of hydrogen-bond acceptors (Lipinski definition) is 3. The Morgan fingerprint density at radius 3 is 2.77 bits per heavy atom. The first-order valence-corrected chi connectivity index (χ1v) is 8.18. The van der Waals surface area contributed by atoms with Crippen LogP contribution in [0.4, 0.5) is 10.1 Å². The number of fused-ring (bicyclic) bond motifs is 1. The Balaban J connectivity index is 1.61. The third kappa shape index (κ3) is 4.08. The SMILES string of the molecule is Cc1ccc2c(CC(=O)N(C)CC(=O)Nc3cccc(F)c3)coc2c1. The van der Waals surface area contributed by atoms with Crippen LogP contribution in [0.3, 0.4) is 0 Å². The molecule has 0 spiro atoms. The average Bonchev–Trinajstić information content (AvgIpc) is 2.96. The van der Waals surface area contributed by atoms with Crippen molar-refractivity contribution in [2.24, 2.45) is 0 Å². The second kappa shape index (κ2) is 7.39. The maximum Gasteiger partial charge on any atom is 0.243 e. The highest BCUT2D eigenvalue weighted by Gasteiger charge is 2.16. The van der Waals surface area contributed by atoms with Gasteiger partial charge in [0, 0.05) is 23.7 Å². The molecule has 5 nitrogen and oxygen atoms in total. The number of nitrogens with one attached hydrogen (secondary N) is 1. The molecule has 2 aromatic carbocycles. The molecule has 0 aliphatic heterocycles. The molecule has 2 amide bonds. The Labute approximate surface area is 150 Å². The van der Waals surface area contributed by atoms with E-state index >= 15 is 0 Å². The zero-order valence-electron chi connectivity index (χ0n) is 14.6. The van der Waals surface area contributed by atoms with E-state index in [4.69, 9.17) is 4.42 Å². The summed E-state index contributed by atoms with van der Waals surface area (Å²) in [5.74, 6) is -1.03. The Morgan fingerprint density at radius 1 is 1.19 bits per heavy atom. The predicted molar refractivity (Wildman–Crippen MR) is 97.3 cm³/mol. The first-order valence-electron chi connectivity index (χ1n) is 8.18. The van der Waals surface area contributed by atoms with E-state index in [2.05, 4.69) is 5.32 Å². The number of amides is 2. The van der Waals surface area contributed by atoms with Gasteiger partial charge in [-0.3, -0.25) is 9.59 Å². The lowest BCUT2D eigenvalue weighted by Crippen LogP contribution is -2.35. The molecular formula is C20H19FN2O3. The Hall–Kier alpha value is -3.15. The summed E-state index contributed by atoms with van der Waals surface area (Å²) in [6.07, 6.45) is 1.71. The number of carbonyl (C=O) groups excluding carboxylic acids is 2. The summed E-state index contributed by atoms with van der Waals surface area (Å²) >= 11 is 0. The van der Waals surface area contributed by atoms with Gasteiger partial charge in [0.2, 0.25) is 11.8 Å². The average molecular weight is 354 g/mol. The summed E-state index contributed by atoms with van der Waals surface area (Å²) < 4.78 is 18.6. The van der Waals surface area contributed by atoms with Gasteiger partial charge in [-0.2, -0.15) is 0 Å². The highest BCUT2D eigenvalue weighted by Crippen LogP contribution is 2.23. The van der Waals surface area contributed by atoms with Gasteiger partial charge in [-0.25, -0.2) is 4.39 Å². The van der Waals surface area contributed by atoms with E-state index in [9.17, 15) is 14.0 Å². The van der Waals surface area contributed by atoms with E-state index in [0.717, 1.165) is 22.1 Å². The standard InChI is InChI=1S/C20H19FN2O3/c1-13-6-7-17-14(12-26-18(17)8-13)9-20(25)23(2)11-19(24)22-16-5-3-4-15(21)10-16/h3-8,10,12H,9,11H2,1-2H3,(H,22,24). The molecule has 0 aliphatic rings. The predicted octanol–water partition coefficient (Wildman–Crippen LogP) is 3.52. The number of aryl methyl sites for hydroxylation is 1. The zero-order valence-corrected chi connectivity index (χ0v) is 14.6. The van der Waals surface area contributed by atoms with Crippen molar-refractivity contribution in [3.63, 3.8) is 0 Å². The summed E-state index contributed by atoms with van der Waals surface area (Å²) in [6, 6.07) is 11.4. The Kier molecular flexibility index (Phi) is 5.02. The summed E-state index contributed by atoms with van der Waals surface area (Å²) in [5.41, 5.74) is 2.95. The molecule has 0 atom stereocenters. The molecule has 1 heterocycles. The maximum absolute atomic E-state index is 13.1. The molecule has 1 aromatic heterocycles. The van der Waals surface area contributed by atoms with E-state index in [1.165, 1.54) is 23.1 Å². The summed E-state index contributed by atoms with van der Waals surface area (Å²) in [4.78, 5) is 25.8. The van der Waals surface area contributed by atoms with Crippen LogP contribution in [0.1, 0.15) is 11.1 Å². The molecule has 0 radical (unpaired) electrons. The van der Waals surface area contributed by atoms with Crippen molar-refractivity contribution in [2.75, 3.05) is 18.9 Å². The van der Waals surface area contributed by atoms with Gasteiger partial charge in [0.1, 0.15) is 11.4 Å².